The van der Waals surface area contributed by atoms with Gasteiger partial charge in [-0.2, -0.15) is 5.26 Å². The SMILES string of the molecule is CCCCc1ccc2ccccc2c1C=CC#N. The van der Waals surface area contributed by atoms with Gasteiger partial charge in [-0.25, -0.2) is 0 Å². The van der Waals surface area contributed by atoms with Gasteiger partial charge >= 0.3 is 0 Å². The minimum atomic E-state index is 1.08. The molecule has 0 unspecified atom stereocenters. The van der Waals surface area contributed by atoms with E-state index in [9.17, 15) is 0 Å². The van der Waals surface area contributed by atoms with Crippen LogP contribution in [-0.4, -0.2) is 0 Å². The summed E-state index contributed by atoms with van der Waals surface area (Å²) in [5, 5.41) is 11.2. The number of hydrogen-bond donors (Lipinski definition) is 0. The fourth-order valence-corrected chi connectivity index (χ4v) is 2.24. The average Bonchev–Trinajstić information content (AvgIpc) is 2.43. The first kappa shape index (κ1) is 12.4. The van der Waals surface area contributed by atoms with Crippen LogP contribution in [0.2, 0.25) is 0 Å². The molecule has 0 aliphatic heterocycles. The van der Waals surface area contributed by atoms with E-state index < -0.39 is 0 Å². The molecule has 2 rings (SSSR count). The minimum Gasteiger partial charge on any atom is -0.193 e. The molecule has 0 aliphatic rings. The lowest BCUT2D eigenvalue weighted by molar-refractivity contribution is 0.795. The Bertz CT molecular complexity index is 603. The van der Waals surface area contributed by atoms with Crippen molar-refractivity contribution in [1.29, 1.82) is 5.26 Å². The van der Waals surface area contributed by atoms with Gasteiger partial charge in [0.2, 0.25) is 0 Å². The summed E-state index contributed by atoms with van der Waals surface area (Å²) in [4.78, 5) is 0. The molecule has 0 aromatic heterocycles. The lowest BCUT2D eigenvalue weighted by Crippen LogP contribution is -1.91. The number of aryl methyl sites for hydroxylation is 1. The maximum atomic E-state index is 8.73. The molecule has 0 aliphatic carbocycles. The first-order valence-corrected chi connectivity index (χ1v) is 6.43. The Hall–Kier alpha value is -2.07. The van der Waals surface area contributed by atoms with Crippen molar-refractivity contribution in [3.05, 3.63) is 53.6 Å². The highest BCUT2D eigenvalue weighted by Gasteiger charge is 2.04. The second kappa shape index (κ2) is 6.02. The Morgan fingerprint density at radius 3 is 2.78 bits per heavy atom. The molecular formula is C17H17N. The summed E-state index contributed by atoms with van der Waals surface area (Å²) in [5.74, 6) is 0. The van der Waals surface area contributed by atoms with Gasteiger partial charge in [-0.3, -0.25) is 0 Å². The van der Waals surface area contributed by atoms with E-state index in [4.69, 9.17) is 5.26 Å². The molecule has 18 heavy (non-hydrogen) atoms. The fourth-order valence-electron chi connectivity index (χ4n) is 2.24. The molecule has 0 heterocycles. The summed E-state index contributed by atoms with van der Waals surface area (Å²) in [5.41, 5.74) is 2.53. The van der Waals surface area contributed by atoms with Gasteiger partial charge in [0.25, 0.3) is 0 Å². The van der Waals surface area contributed by atoms with E-state index in [1.54, 1.807) is 6.08 Å². The smallest absolute Gasteiger partial charge is 0.0912 e. The summed E-state index contributed by atoms with van der Waals surface area (Å²) in [6.45, 7) is 2.20. The average molecular weight is 235 g/mol. The summed E-state index contributed by atoms with van der Waals surface area (Å²) in [6.07, 6.45) is 6.96. The molecule has 1 heteroatoms. The Morgan fingerprint density at radius 1 is 1.17 bits per heavy atom. The van der Waals surface area contributed by atoms with Crippen molar-refractivity contribution in [1.82, 2.24) is 0 Å². The number of benzene rings is 2. The lowest BCUT2D eigenvalue weighted by atomic mass is 9.95. The van der Waals surface area contributed by atoms with E-state index in [0.29, 0.717) is 0 Å². The van der Waals surface area contributed by atoms with Gasteiger partial charge in [0.15, 0.2) is 0 Å². The van der Waals surface area contributed by atoms with Gasteiger partial charge in [0.05, 0.1) is 6.07 Å². The first-order chi connectivity index (χ1) is 8.86. The third-order valence-electron chi connectivity index (χ3n) is 3.19. The summed E-state index contributed by atoms with van der Waals surface area (Å²) < 4.78 is 0. The van der Waals surface area contributed by atoms with E-state index in [1.807, 2.05) is 12.1 Å². The molecule has 0 radical (unpaired) electrons. The highest BCUT2D eigenvalue weighted by Crippen LogP contribution is 2.25. The van der Waals surface area contributed by atoms with Crippen LogP contribution in [0.4, 0.5) is 0 Å². The molecule has 2 aromatic rings. The van der Waals surface area contributed by atoms with Gasteiger partial charge in [-0.1, -0.05) is 49.7 Å². The number of nitrogens with zero attached hydrogens (tertiary/aromatic N) is 1. The highest BCUT2D eigenvalue weighted by molar-refractivity contribution is 5.92. The van der Waals surface area contributed by atoms with Crippen LogP contribution in [0.5, 0.6) is 0 Å². The van der Waals surface area contributed by atoms with Crippen molar-refractivity contribution in [3.63, 3.8) is 0 Å². The quantitative estimate of drug-likeness (QED) is 0.703. The van der Waals surface area contributed by atoms with Gasteiger partial charge < -0.3 is 0 Å². The zero-order valence-electron chi connectivity index (χ0n) is 10.7. The number of rotatable bonds is 4. The van der Waals surface area contributed by atoms with Crippen LogP contribution in [0.15, 0.2) is 42.5 Å². The van der Waals surface area contributed by atoms with Crippen molar-refractivity contribution >= 4 is 16.8 Å². The Labute approximate surface area is 108 Å². The second-order valence-electron chi connectivity index (χ2n) is 4.43. The predicted octanol–water partition coefficient (Wildman–Crippen LogP) is 4.72. The number of unbranched alkanes of at least 4 members (excludes halogenated alkanes) is 1. The molecule has 0 amide bonds. The minimum absolute atomic E-state index is 1.08. The topological polar surface area (TPSA) is 23.8 Å². The van der Waals surface area contributed by atoms with Crippen molar-refractivity contribution < 1.29 is 0 Å². The molecule has 0 saturated carbocycles. The third kappa shape index (κ3) is 2.60. The molecule has 0 fully saturated rings. The van der Waals surface area contributed by atoms with Gasteiger partial charge in [-0.05, 0) is 40.8 Å². The molecule has 0 spiro atoms. The molecule has 2 aromatic carbocycles. The highest BCUT2D eigenvalue weighted by atomic mass is 14.2. The third-order valence-corrected chi connectivity index (χ3v) is 3.19. The van der Waals surface area contributed by atoms with Crippen molar-refractivity contribution in [3.8, 4) is 6.07 Å². The number of fused-ring (bicyclic) bond motifs is 1. The van der Waals surface area contributed by atoms with Gasteiger partial charge in [0.1, 0.15) is 0 Å². The molecule has 0 atom stereocenters. The summed E-state index contributed by atoms with van der Waals surface area (Å²) in [7, 11) is 0. The predicted molar refractivity (Wildman–Crippen MR) is 77.2 cm³/mol. The maximum absolute atomic E-state index is 8.73. The number of allylic oxidation sites excluding steroid dienone is 1. The van der Waals surface area contributed by atoms with E-state index in [2.05, 4.69) is 43.3 Å². The summed E-state index contributed by atoms with van der Waals surface area (Å²) in [6, 6.07) is 14.8. The number of hydrogen-bond acceptors (Lipinski definition) is 1. The van der Waals surface area contributed by atoms with Gasteiger partial charge in [-0.15, -0.1) is 0 Å². The fraction of sp³-hybridized carbons (Fsp3) is 0.235. The van der Waals surface area contributed by atoms with Gasteiger partial charge in [0, 0.05) is 6.08 Å². The van der Waals surface area contributed by atoms with Crippen LogP contribution >= 0.6 is 0 Å². The Balaban J connectivity index is 2.56. The standard InChI is InChI=1S/C17H17N/c1-2-3-7-14-11-12-15-8-4-5-9-16(15)17(14)10-6-13-18/h4-6,8-12H,2-3,7H2,1H3. The van der Waals surface area contributed by atoms with Crippen molar-refractivity contribution in [2.75, 3.05) is 0 Å². The van der Waals surface area contributed by atoms with Crippen molar-refractivity contribution in [2.45, 2.75) is 26.2 Å². The zero-order chi connectivity index (χ0) is 12.8. The molecule has 0 bridgehead atoms. The molecule has 0 N–H and O–H groups in total. The van der Waals surface area contributed by atoms with Crippen LogP contribution in [0.3, 0.4) is 0 Å². The van der Waals surface area contributed by atoms with Crippen LogP contribution in [-0.2, 0) is 6.42 Å². The zero-order valence-corrected chi connectivity index (χ0v) is 10.7. The van der Waals surface area contributed by atoms with E-state index in [0.717, 1.165) is 6.42 Å². The molecule has 0 saturated heterocycles. The Kier molecular flexibility index (Phi) is 4.15. The largest absolute Gasteiger partial charge is 0.193 e. The van der Waals surface area contributed by atoms with Crippen LogP contribution in [0.25, 0.3) is 16.8 Å². The first-order valence-electron chi connectivity index (χ1n) is 6.43. The second-order valence-corrected chi connectivity index (χ2v) is 4.43. The Morgan fingerprint density at radius 2 is 2.00 bits per heavy atom. The van der Waals surface area contributed by atoms with Crippen LogP contribution in [0, 0.1) is 11.3 Å². The number of nitriles is 1. The summed E-state index contributed by atoms with van der Waals surface area (Å²) >= 11 is 0. The lowest BCUT2D eigenvalue weighted by Gasteiger charge is -2.09. The monoisotopic (exact) mass is 235 g/mol. The van der Waals surface area contributed by atoms with E-state index in [1.165, 1.54) is 34.7 Å². The molecule has 90 valence electrons. The maximum Gasteiger partial charge on any atom is 0.0912 e. The molecular weight excluding hydrogens is 218 g/mol. The van der Waals surface area contributed by atoms with Crippen molar-refractivity contribution in [2.24, 2.45) is 0 Å². The van der Waals surface area contributed by atoms with E-state index in [-0.39, 0.29) is 0 Å². The van der Waals surface area contributed by atoms with Crippen LogP contribution in [0.1, 0.15) is 30.9 Å². The molecule has 1 nitrogen and oxygen atoms in total. The normalized spacial score (nSPS) is 10.9. The van der Waals surface area contributed by atoms with E-state index >= 15 is 0 Å². The van der Waals surface area contributed by atoms with Crippen LogP contribution < -0.4 is 0 Å².